The Labute approximate surface area is 125 Å². The van der Waals surface area contributed by atoms with Crippen LogP contribution >= 0.6 is 0 Å². The van der Waals surface area contributed by atoms with E-state index in [2.05, 4.69) is 30.9 Å². The number of nitrogens with zero attached hydrogens (tertiary/aromatic N) is 2. The molecule has 1 unspecified atom stereocenters. The van der Waals surface area contributed by atoms with Crippen LogP contribution in [0.25, 0.3) is 0 Å². The normalized spacial score (nSPS) is 13.1. The van der Waals surface area contributed by atoms with E-state index in [0.29, 0.717) is 31.2 Å². The van der Waals surface area contributed by atoms with E-state index in [4.69, 9.17) is 15.0 Å². The number of benzene rings is 1. The van der Waals surface area contributed by atoms with Crippen molar-refractivity contribution in [1.82, 2.24) is 10.1 Å². The van der Waals surface area contributed by atoms with Gasteiger partial charge in [0.1, 0.15) is 5.75 Å². The number of para-hydroxylation sites is 1. The maximum absolute atomic E-state index is 6.12. The number of ether oxygens (including phenoxy) is 1. The summed E-state index contributed by atoms with van der Waals surface area (Å²) in [6.07, 6.45) is 1.21. The summed E-state index contributed by atoms with van der Waals surface area (Å²) in [7, 11) is 0. The fourth-order valence-corrected chi connectivity index (χ4v) is 1.75. The lowest BCUT2D eigenvalue weighted by Gasteiger charge is -2.25. The molecule has 0 amide bonds. The van der Waals surface area contributed by atoms with Crippen molar-refractivity contribution in [3.63, 3.8) is 0 Å². The highest BCUT2D eigenvalue weighted by Crippen LogP contribution is 2.20. The van der Waals surface area contributed by atoms with E-state index in [1.807, 2.05) is 30.3 Å². The predicted octanol–water partition coefficient (Wildman–Crippen LogP) is 2.61. The van der Waals surface area contributed by atoms with E-state index >= 15 is 0 Å². The van der Waals surface area contributed by atoms with E-state index in [9.17, 15) is 0 Å². The van der Waals surface area contributed by atoms with Crippen molar-refractivity contribution >= 4 is 0 Å². The average Bonchev–Trinajstić information content (AvgIpc) is 2.86. The molecule has 1 aromatic heterocycles. The second kappa shape index (κ2) is 6.72. The molecule has 2 rings (SSSR count). The number of rotatable bonds is 6. The number of hydrogen-bond donors (Lipinski definition) is 1. The smallest absolute Gasteiger partial charge is 0.228 e. The first-order chi connectivity index (χ1) is 9.95. The second-order valence-electron chi connectivity index (χ2n) is 6.19. The Hall–Kier alpha value is -1.88. The van der Waals surface area contributed by atoms with Gasteiger partial charge >= 0.3 is 0 Å². The van der Waals surface area contributed by atoms with Crippen LogP contribution in [0.1, 0.15) is 32.5 Å². The van der Waals surface area contributed by atoms with Crippen LogP contribution in [-0.4, -0.2) is 22.8 Å². The third-order valence-electron chi connectivity index (χ3n) is 3.35. The minimum Gasteiger partial charge on any atom is -0.493 e. The summed E-state index contributed by atoms with van der Waals surface area (Å²) in [5, 5.41) is 3.96. The van der Waals surface area contributed by atoms with Crippen molar-refractivity contribution < 1.29 is 9.26 Å². The third kappa shape index (κ3) is 4.86. The molecule has 1 aromatic carbocycles. The highest BCUT2D eigenvalue weighted by Gasteiger charge is 2.23. The Kier molecular flexibility index (Phi) is 4.96. The molecular weight excluding hydrogens is 266 g/mol. The summed E-state index contributed by atoms with van der Waals surface area (Å²) in [5.41, 5.74) is 6.13. The molecule has 0 radical (unpaired) electrons. The van der Waals surface area contributed by atoms with Crippen LogP contribution in [0.4, 0.5) is 0 Å². The van der Waals surface area contributed by atoms with Crippen LogP contribution in [0.15, 0.2) is 34.9 Å². The molecule has 5 heteroatoms. The highest BCUT2D eigenvalue weighted by molar-refractivity contribution is 5.20. The van der Waals surface area contributed by atoms with Crippen LogP contribution in [0, 0.1) is 5.41 Å². The Morgan fingerprint density at radius 1 is 1.24 bits per heavy atom. The van der Waals surface area contributed by atoms with Gasteiger partial charge in [-0.3, -0.25) is 0 Å². The van der Waals surface area contributed by atoms with Crippen LogP contribution < -0.4 is 10.5 Å². The van der Waals surface area contributed by atoms with E-state index in [0.717, 1.165) is 5.75 Å². The molecule has 0 saturated carbocycles. The van der Waals surface area contributed by atoms with Crippen LogP contribution in [0.5, 0.6) is 5.75 Å². The molecule has 0 aliphatic carbocycles. The molecule has 2 aromatic rings. The van der Waals surface area contributed by atoms with Gasteiger partial charge in [0.05, 0.1) is 6.61 Å². The fraction of sp³-hybridized carbons (Fsp3) is 0.500. The molecule has 2 N–H and O–H groups in total. The van der Waals surface area contributed by atoms with Crippen LogP contribution in [0.2, 0.25) is 0 Å². The standard InChI is InChI=1S/C16H23N3O2/c1-16(2,3)13(17)11-15-18-14(19-21-15)9-10-20-12-7-5-4-6-8-12/h4-8,13H,9-11,17H2,1-3H3. The Balaban J connectivity index is 1.81. The summed E-state index contributed by atoms with van der Waals surface area (Å²) < 4.78 is 10.8. The van der Waals surface area contributed by atoms with Gasteiger partial charge in [0.2, 0.25) is 5.89 Å². The van der Waals surface area contributed by atoms with E-state index in [1.165, 1.54) is 0 Å². The van der Waals surface area contributed by atoms with Gasteiger partial charge in [-0.05, 0) is 17.5 Å². The Bertz CT molecular complexity index is 546. The first-order valence-corrected chi connectivity index (χ1v) is 7.20. The van der Waals surface area contributed by atoms with Gasteiger partial charge in [-0.1, -0.05) is 44.1 Å². The quantitative estimate of drug-likeness (QED) is 0.884. The summed E-state index contributed by atoms with van der Waals surface area (Å²) in [4.78, 5) is 4.36. The van der Waals surface area contributed by atoms with E-state index < -0.39 is 0 Å². The van der Waals surface area contributed by atoms with Crippen molar-refractivity contribution in [2.75, 3.05) is 6.61 Å². The molecule has 0 aliphatic rings. The molecule has 0 fully saturated rings. The summed E-state index contributed by atoms with van der Waals surface area (Å²) in [5.74, 6) is 2.09. The van der Waals surface area contributed by atoms with Crippen LogP contribution in [-0.2, 0) is 12.8 Å². The van der Waals surface area contributed by atoms with Crippen molar-refractivity contribution in [3.05, 3.63) is 42.0 Å². The minimum absolute atomic E-state index is 0.00799. The van der Waals surface area contributed by atoms with Crippen molar-refractivity contribution in [3.8, 4) is 5.75 Å². The average molecular weight is 289 g/mol. The topological polar surface area (TPSA) is 74.2 Å². The highest BCUT2D eigenvalue weighted by atomic mass is 16.5. The maximum atomic E-state index is 6.12. The predicted molar refractivity (Wildman–Crippen MR) is 81.1 cm³/mol. The van der Waals surface area contributed by atoms with Gasteiger partial charge in [0.25, 0.3) is 0 Å². The summed E-state index contributed by atoms with van der Waals surface area (Å²) in [6, 6.07) is 9.67. The van der Waals surface area contributed by atoms with Gasteiger partial charge in [-0.25, -0.2) is 0 Å². The lowest BCUT2D eigenvalue weighted by atomic mass is 9.85. The molecule has 1 atom stereocenters. The summed E-state index contributed by atoms with van der Waals surface area (Å²) >= 11 is 0. The molecule has 0 bridgehead atoms. The second-order valence-corrected chi connectivity index (χ2v) is 6.19. The van der Waals surface area contributed by atoms with Gasteiger partial charge in [-0.15, -0.1) is 0 Å². The Morgan fingerprint density at radius 3 is 2.62 bits per heavy atom. The first-order valence-electron chi connectivity index (χ1n) is 7.20. The Morgan fingerprint density at radius 2 is 1.95 bits per heavy atom. The molecule has 0 saturated heterocycles. The van der Waals surface area contributed by atoms with Gasteiger partial charge < -0.3 is 15.0 Å². The van der Waals surface area contributed by atoms with Crippen molar-refractivity contribution in [2.45, 2.75) is 39.7 Å². The number of nitrogens with two attached hydrogens (primary N) is 1. The van der Waals surface area contributed by atoms with Gasteiger partial charge in [-0.2, -0.15) is 4.98 Å². The van der Waals surface area contributed by atoms with E-state index in [-0.39, 0.29) is 11.5 Å². The molecule has 0 spiro atoms. The third-order valence-corrected chi connectivity index (χ3v) is 3.35. The van der Waals surface area contributed by atoms with Gasteiger partial charge in [0.15, 0.2) is 5.82 Å². The zero-order valence-corrected chi connectivity index (χ0v) is 12.9. The molecule has 21 heavy (non-hydrogen) atoms. The maximum Gasteiger partial charge on any atom is 0.228 e. The SMILES string of the molecule is CC(C)(C)C(N)Cc1nc(CCOc2ccccc2)no1. The van der Waals surface area contributed by atoms with Crippen LogP contribution in [0.3, 0.4) is 0 Å². The first kappa shape index (κ1) is 15.5. The zero-order valence-electron chi connectivity index (χ0n) is 12.9. The molecular formula is C16H23N3O2. The van der Waals surface area contributed by atoms with E-state index in [1.54, 1.807) is 0 Å². The monoisotopic (exact) mass is 289 g/mol. The largest absolute Gasteiger partial charge is 0.493 e. The number of hydrogen-bond acceptors (Lipinski definition) is 5. The van der Waals surface area contributed by atoms with Crippen molar-refractivity contribution in [1.29, 1.82) is 0 Å². The minimum atomic E-state index is -0.00799. The molecule has 5 nitrogen and oxygen atoms in total. The zero-order chi connectivity index (χ0) is 15.3. The van der Waals surface area contributed by atoms with Gasteiger partial charge in [0, 0.05) is 18.9 Å². The molecule has 0 aliphatic heterocycles. The van der Waals surface area contributed by atoms with Crippen molar-refractivity contribution in [2.24, 2.45) is 11.1 Å². The number of aromatic nitrogens is 2. The lowest BCUT2D eigenvalue weighted by molar-refractivity contribution is 0.284. The molecule has 114 valence electrons. The fourth-order valence-electron chi connectivity index (χ4n) is 1.75. The summed E-state index contributed by atoms with van der Waals surface area (Å²) in [6.45, 7) is 6.82. The lowest BCUT2D eigenvalue weighted by Crippen LogP contribution is -2.37. The molecule has 1 heterocycles.